The van der Waals surface area contributed by atoms with Crippen LogP contribution in [0.25, 0.3) is 0 Å². The Kier molecular flexibility index (Phi) is 5.00. The number of carbonyl (C=O) groups excluding carboxylic acids is 1. The quantitative estimate of drug-likeness (QED) is 0.562. The third-order valence-corrected chi connectivity index (χ3v) is 1.40. The predicted molar refractivity (Wildman–Crippen MR) is 32.5 cm³/mol. The standard InChI is InChI=1S/C4H8FNOS/c5-4(3-7)8-2-1-6/h3-4H,1-2,6H2. The van der Waals surface area contributed by atoms with Crippen LogP contribution in [-0.2, 0) is 4.79 Å². The van der Waals surface area contributed by atoms with Crippen LogP contribution in [0.2, 0.25) is 0 Å². The lowest BCUT2D eigenvalue weighted by Crippen LogP contribution is -2.05. The Morgan fingerprint density at radius 1 is 1.88 bits per heavy atom. The molecule has 1 atom stereocenters. The smallest absolute Gasteiger partial charge is 0.201 e. The largest absolute Gasteiger partial charge is 0.330 e. The molecule has 0 bridgehead atoms. The van der Waals surface area contributed by atoms with Crippen molar-refractivity contribution < 1.29 is 9.18 Å². The van der Waals surface area contributed by atoms with Gasteiger partial charge in [-0.1, -0.05) is 0 Å². The van der Waals surface area contributed by atoms with Gasteiger partial charge in [-0.3, -0.25) is 4.79 Å². The van der Waals surface area contributed by atoms with Crippen LogP contribution < -0.4 is 5.73 Å². The summed E-state index contributed by atoms with van der Waals surface area (Å²) in [5.41, 5.74) is 3.64. The molecule has 0 aliphatic heterocycles. The minimum absolute atomic E-state index is 0.264. The molecule has 1 unspecified atom stereocenters. The Bertz CT molecular complexity index is 71.1. The molecule has 2 N–H and O–H groups in total. The van der Waals surface area contributed by atoms with Crippen molar-refractivity contribution in [3.8, 4) is 0 Å². The van der Waals surface area contributed by atoms with Crippen molar-refractivity contribution >= 4 is 18.0 Å². The number of aldehydes is 1. The fraction of sp³-hybridized carbons (Fsp3) is 0.750. The highest BCUT2D eigenvalue weighted by atomic mass is 32.2. The van der Waals surface area contributed by atoms with E-state index in [1.54, 1.807) is 0 Å². The van der Waals surface area contributed by atoms with E-state index in [1.165, 1.54) is 0 Å². The van der Waals surface area contributed by atoms with E-state index < -0.39 is 5.50 Å². The zero-order chi connectivity index (χ0) is 6.41. The van der Waals surface area contributed by atoms with Gasteiger partial charge < -0.3 is 5.73 Å². The first-order chi connectivity index (χ1) is 3.81. The Hall–Kier alpha value is -0.0900. The molecular formula is C4H8FNOS. The Balaban J connectivity index is 2.98. The number of halogens is 1. The first-order valence-corrected chi connectivity index (χ1v) is 3.27. The van der Waals surface area contributed by atoms with Crippen molar-refractivity contribution in [2.24, 2.45) is 5.73 Å². The summed E-state index contributed by atoms with van der Waals surface area (Å²) in [4.78, 5) is 9.57. The van der Waals surface area contributed by atoms with E-state index >= 15 is 0 Å². The third kappa shape index (κ3) is 4.08. The topological polar surface area (TPSA) is 43.1 Å². The average molecular weight is 137 g/mol. The summed E-state index contributed by atoms with van der Waals surface area (Å²) >= 11 is 0.917. The highest BCUT2D eigenvalue weighted by molar-refractivity contribution is 8.00. The van der Waals surface area contributed by atoms with Gasteiger partial charge in [-0.25, -0.2) is 4.39 Å². The Morgan fingerprint density at radius 2 is 2.50 bits per heavy atom. The lowest BCUT2D eigenvalue weighted by atomic mass is 10.8. The molecule has 0 amide bonds. The van der Waals surface area contributed by atoms with Crippen LogP contribution in [0.3, 0.4) is 0 Å². The molecule has 0 saturated carbocycles. The van der Waals surface area contributed by atoms with Crippen molar-refractivity contribution in [3.05, 3.63) is 0 Å². The van der Waals surface area contributed by atoms with Gasteiger partial charge in [0.15, 0.2) is 6.29 Å². The summed E-state index contributed by atoms with van der Waals surface area (Å²) in [6.45, 7) is 0.416. The number of thioether (sulfide) groups is 1. The molecule has 0 heterocycles. The molecule has 0 aliphatic rings. The van der Waals surface area contributed by atoms with Gasteiger partial charge in [0.05, 0.1) is 0 Å². The van der Waals surface area contributed by atoms with E-state index in [4.69, 9.17) is 5.73 Å². The average Bonchev–Trinajstić information content (AvgIpc) is 1.83. The molecule has 0 rings (SSSR count). The molecule has 0 radical (unpaired) electrons. The van der Waals surface area contributed by atoms with E-state index in [1.807, 2.05) is 0 Å². The molecule has 0 aromatic carbocycles. The van der Waals surface area contributed by atoms with E-state index in [2.05, 4.69) is 0 Å². The fourth-order valence-electron chi connectivity index (χ4n) is 0.220. The molecule has 0 aromatic heterocycles. The SMILES string of the molecule is NCCSC(F)C=O. The van der Waals surface area contributed by atoms with E-state index in [9.17, 15) is 9.18 Å². The number of carbonyl (C=O) groups is 1. The van der Waals surface area contributed by atoms with Crippen molar-refractivity contribution in [2.45, 2.75) is 5.50 Å². The summed E-state index contributed by atoms with van der Waals surface area (Å²) in [7, 11) is 0. The van der Waals surface area contributed by atoms with Crippen LogP contribution in [0.5, 0.6) is 0 Å². The molecule has 0 fully saturated rings. The molecule has 48 valence electrons. The van der Waals surface area contributed by atoms with Crippen molar-refractivity contribution in [1.29, 1.82) is 0 Å². The van der Waals surface area contributed by atoms with Gasteiger partial charge >= 0.3 is 0 Å². The second kappa shape index (κ2) is 5.05. The molecular weight excluding hydrogens is 129 g/mol. The van der Waals surface area contributed by atoms with Crippen LogP contribution in [-0.4, -0.2) is 24.1 Å². The van der Waals surface area contributed by atoms with Crippen molar-refractivity contribution in [3.63, 3.8) is 0 Å². The summed E-state index contributed by atoms with van der Waals surface area (Å²) in [6, 6.07) is 0. The first-order valence-electron chi connectivity index (χ1n) is 2.22. The second-order valence-corrected chi connectivity index (χ2v) is 2.34. The van der Waals surface area contributed by atoms with Crippen LogP contribution in [0.15, 0.2) is 0 Å². The van der Waals surface area contributed by atoms with Crippen LogP contribution >= 0.6 is 11.8 Å². The van der Waals surface area contributed by atoms with Gasteiger partial charge in [0.25, 0.3) is 0 Å². The number of nitrogens with two attached hydrogens (primary N) is 1. The summed E-state index contributed by atoms with van der Waals surface area (Å²) in [5.74, 6) is 0.500. The van der Waals surface area contributed by atoms with Gasteiger partial charge in [-0.05, 0) is 0 Å². The molecule has 4 heteroatoms. The Morgan fingerprint density at radius 3 is 2.88 bits per heavy atom. The van der Waals surface area contributed by atoms with Crippen LogP contribution in [0, 0.1) is 0 Å². The van der Waals surface area contributed by atoms with Crippen LogP contribution in [0.1, 0.15) is 0 Å². The summed E-state index contributed by atoms with van der Waals surface area (Å²) in [6.07, 6.45) is 0.264. The molecule has 2 nitrogen and oxygen atoms in total. The maximum Gasteiger partial charge on any atom is 0.201 e. The second-order valence-electron chi connectivity index (χ2n) is 1.15. The number of alkyl halides is 1. The van der Waals surface area contributed by atoms with E-state index in [-0.39, 0.29) is 6.29 Å². The van der Waals surface area contributed by atoms with E-state index in [0.29, 0.717) is 12.3 Å². The summed E-state index contributed by atoms with van der Waals surface area (Å²) in [5, 5.41) is 0. The zero-order valence-corrected chi connectivity index (χ0v) is 5.16. The minimum Gasteiger partial charge on any atom is -0.330 e. The van der Waals surface area contributed by atoms with Gasteiger partial charge in [0.2, 0.25) is 5.50 Å². The molecule has 8 heavy (non-hydrogen) atoms. The molecule has 0 spiro atoms. The number of rotatable bonds is 4. The summed E-state index contributed by atoms with van der Waals surface area (Å²) < 4.78 is 11.9. The van der Waals surface area contributed by atoms with Crippen LogP contribution in [0.4, 0.5) is 4.39 Å². The Labute approximate surface area is 51.6 Å². The van der Waals surface area contributed by atoms with Crippen molar-refractivity contribution in [1.82, 2.24) is 0 Å². The van der Waals surface area contributed by atoms with Gasteiger partial charge in [0.1, 0.15) is 0 Å². The maximum absolute atomic E-state index is 11.9. The molecule has 0 aliphatic carbocycles. The fourth-order valence-corrected chi connectivity index (χ4v) is 0.660. The predicted octanol–water partition coefficient (Wildman–Crippen LogP) is 0.173. The number of hydrogen-bond donors (Lipinski definition) is 1. The lowest BCUT2D eigenvalue weighted by Gasteiger charge is -1.94. The third-order valence-electron chi connectivity index (χ3n) is 0.502. The zero-order valence-electron chi connectivity index (χ0n) is 4.34. The highest BCUT2D eigenvalue weighted by Gasteiger charge is 2.00. The maximum atomic E-state index is 11.9. The first kappa shape index (κ1) is 7.91. The highest BCUT2D eigenvalue weighted by Crippen LogP contribution is 2.07. The monoisotopic (exact) mass is 137 g/mol. The molecule has 0 aromatic rings. The van der Waals surface area contributed by atoms with Crippen molar-refractivity contribution in [2.75, 3.05) is 12.3 Å². The number of hydrogen-bond acceptors (Lipinski definition) is 3. The lowest BCUT2D eigenvalue weighted by molar-refractivity contribution is -0.109. The minimum atomic E-state index is -1.39. The van der Waals surface area contributed by atoms with Gasteiger partial charge in [-0.15, -0.1) is 11.8 Å². The van der Waals surface area contributed by atoms with Gasteiger partial charge in [0, 0.05) is 12.3 Å². The normalized spacial score (nSPS) is 13.2. The van der Waals surface area contributed by atoms with Gasteiger partial charge in [-0.2, -0.15) is 0 Å². The molecule has 0 saturated heterocycles. The van der Waals surface area contributed by atoms with E-state index in [0.717, 1.165) is 11.8 Å².